The van der Waals surface area contributed by atoms with Gasteiger partial charge in [0.15, 0.2) is 0 Å². The molecule has 1 aliphatic heterocycles. The van der Waals surface area contributed by atoms with Crippen molar-refractivity contribution < 1.29 is 18.0 Å². The summed E-state index contributed by atoms with van der Waals surface area (Å²) in [5.74, 6) is 0.0333. The minimum atomic E-state index is -4.40. The fraction of sp³-hybridized carbons (Fsp3) is 0.533. The van der Waals surface area contributed by atoms with Gasteiger partial charge in [-0.25, -0.2) is 0 Å². The molecule has 1 fully saturated rings. The van der Waals surface area contributed by atoms with Gasteiger partial charge >= 0.3 is 6.18 Å². The smallest absolute Gasteiger partial charge is 0.368 e. The summed E-state index contributed by atoms with van der Waals surface area (Å²) in [7, 11) is 3.42. The summed E-state index contributed by atoms with van der Waals surface area (Å²) < 4.78 is 38.0. The third kappa shape index (κ3) is 4.51. The predicted octanol–water partition coefficient (Wildman–Crippen LogP) is 2.57. The van der Waals surface area contributed by atoms with Crippen LogP contribution in [0.3, 0.4) is 0 Å². The third-order valence-electron chi connectivity index (χ3n) is 3.85. The maximum Gasteiger partial charge on any atom is 0.416 e. The summed E-state index contributed by atoms with van der Waals surface area (Å²) in [6, 6.07) is 3.41. The molecule has 1 aromatic carbocycles. The summed E-state index contributed by atoms with van der Waals surface area (Å²) in [5.41, 5.74) is -0.153. The molecule has 4 nitrogen and oxygen atoms in total. The van der Waals surface area contributed by atoms with Gasteiger partial charge in [-0.05, 0) is 18.2 Å². The Morgan fingerprint density at radius 2 is 1.83 bits per heavy atom. The normalized spacial score (nSPS) is 16.5. The number of piperazine rings is 1. The first-order chi connectivity index (χ1) is 10.7. The Hall–Kier alpha value is -1.47. The zero-order valence-corrected chi connectivity index (χ0v) is 13.8. The van der Waals surface area contributed by atoms with Crippen LogP contribution in [0.1, 0.15) is 5.56 Å². The first-order valence-corrected chi connectivity index (χ1v) is 7.60. The Bertz CT molecular complexity index is 570. The van der Waals surface area contributed by atoms with Crippen molar-refractivity contribution in [3.8, 4) is 0 Å². The van der Waals surface area contributed by atoms with Gasteiger partial charge in [0, 0.05) is 40.3 Å². The number of nitrogens with zero attached hydrogens (tertiary/aromatic N) is 3. The van der Waals surface area contributed by atoms with E-state index in [0.29, 0.717) is 38.4 Å². The summed E-state index contributed by atoms with van der Waals surface area (Å²) in [4.78, 5) is 17.2. The number of rotatable bonds is 3. The molecule has 0 N–H and O–H groups in total. The number of halogens is 4. The number of hydrogen-bond donors (Lipinski definition) is 0. The third-order valence-corrected chi connectivity index (χ3v) is 4.15. The average Bonchev–Trinajstić information content (AvgIpc) is 2.47. The van der Waals surface area contributed by atoms with Crippen molar-refractivity contribution in [2.24, 2.45) is 0 Å². The monoisotopic (exact) mass is 349 g/mol. The summed E-state index contributed by atoms with van der Waals surface area (Å²) in [6.45, 7) is 2.91. The van der Waals surface area contributed by atoms with Gasteiger partial charge in [-0.1, -0.05) is 11.6 Å². The Morgan fingerprint density at radius 3 is 2.30 bits per heavy atom. The van der Waals surface area contributed by atoms with E-state index >= 15 is 0 Å². The lowest BCUT2D eigenvalue weighted by atomic mass is 10.1. The van der Waals surface area contributed by atoms with Crippen LogP contribution in [0.2, 0.25) is 5.02 Å². The molecule has 8 heteroatoms. The quantitative estimate of drug-likeness (QED) is 0.839. The molecule has 0 aromatic heterocycles. The zero-order chi connectivity index (χ0) is 17.2. The molecule has 0 bridgehead atoms. The van der Waals surface area contributed by atoms with Crippen LogP contribution in [0.25, 0.3) is 0 Å². The van der Waals surface area contributed by atoms with Gasteiger partial charge in [0.1, 0.15) is 0 Å². The molecule has 128 valence electrons. The maximum absolute atomic E-state index is 12.7. The molecule has 0 radical (unpaired) electrons. The predicted molar refractivity (Wildman–Crippen MR) is 83.8 cm³/mol. The minimum Gasteiger partial charge on any atom is -0.368 e. The van der Waals surface area contributed by atoms with Crippen LogP contribution in [0, 0.1) is 0 Å². The molecule has 0 saturated carbocycles. The van der Waals surface area contributed by atoms with Gasteiger partial charge in [0.2, 0.25) is 5.91 Å². The lowest BCUT2D eigenvalue weighted by molar-refractivity contribution is -0.137. The second-order valence-corrected chi connectivity index (χ2v) is 6.12. The van der Waals surface area contributed by atoms with Crippen molar-refractivity contribution in [2.45, 2.75) is 6.18 Å². The van der Waals surface area contributed by atoms with E-state index in [4.69, 9.17) is 11.6 Å². The first-order valence-electron chi connectivity index (χ1n) is 7.22. The molecule has 0 spiro atoms. The highest BCUT2D eigenvalue weighted by Crippen LogP contribution is 2.35. The van der Waals surface area contributed by atoms with E-state index in [2.05, 4.69) is 0 Å². The second kappa shape index (κ2) is 6.97. The number of anilines is 1. The van der Waals surface area contributed by atoms with Crippen LogP contribution in [0.4, 0.5) is 18.9 Å². The van der Waals surface area contributed by atoms with Crippen molar-refractivity contribution in [2.75, 3.05) is 51.7 Å². The summed E-state index contributed by atoms with van der Waals surface area (Å²) >= 11 is 6.02. The molecule has 23 heavy (non-hydrogen) atoms. The SMILES string of the molecule is CN(C)C(=O)CN1CCN(c2ccc(C(F)(F)F)cc2Cl)CC1. The molecule has 1 saturated heterocycles. The lowest BCUT2D eigenvalue weighted by Gasteiger charge is -2.36. The molecule has 0 atom stereocenters. The van der Waals surface area contributed by atoms with Crippen LogP contribution in [0.15, 0.2) is 18.2 Å². The first kappa shape index (κ1) is 17.9. The fourth-order valence-electron chi connectivity index (χ4n) is 2.42. The van der Waals surface area contributed by atoms with Gasteiger partial charge in [-0.3, -0.25) is 9.69 Å². The number of alkyl halides is 3. The van der Waals surface area contributed by atoms with E-state index in [1.54, 1.807) is 19.0 Å². The Labute approximate surface area is 138 Å². The maximum atomic E-state index is 12.7. The van der Waals surface area contributed by atoms with E-state index in [-0.39, 0.29) is 10.9 Å². The average molecular weight is 350 g/mol. The molecule has 1 heterocycles. The van der Waals surface area contributed by atoms with Crippen LogP contribution in [-0.2, 0) is 11.0 Å². The summed E-state index contributed by atoms with van der Waals surface area (Å²) in [6.07, 6.45) is -4.40. The summed E-state index contributed by atoms with van der Waals surface area (Å²) in [5, 5.41) is 0.0950. The van der Waals surface area contributed by atoms with Crippen LogP contribution in [-0.4, -0.2) is 62.5 Å². The zero-order valence-electron chi connectivity index (χ0n) is 13.0. The number of carbonyl (C=O) groups excluding carboxylic acids is 1. The van der Waals surface area contributed by atoms with Crippen molar-refractivity contribution in [3.05, 3.63) is 28.8 Å². The van der Waals surface area contributed by atoms with Gasteiger partial charge in [0.25, 0.3) is 0 Å². The van der Waals surface area contributed by atoms with Crippen LogP contribution >= 0.6 is 11.6 Å². The molecule has 1 aliphatic rings. The van der Waals surface area contributed by atoms with E-state index in [1.807, 2.05) is 9.80 Å². The highest BCUT2D eigenvalue weighted by Gasteiger charge is 2.31. The van der Waals surface area contributed by atoms with Gasteiger partial charge in [-0.15, -0.1) is 0 Å². The van der Waals surface area contributed by atoms with E-state index in [1.165, 1.54) is 6.07 Å². The number of likely N-dealkylation sites (N-methyl/N-ethyl adjacent to an activating group) is 1. The Morgan fingerprint density at radius 1 is 1.22 bits per heavy atom. The van der Waals surface area contributed by atoms with Gasteiger partial charge in [-0.2, -0.15) is 13.2 Å². The number of benzene rings is 1. The number of carbonyl (C=O) groups is 1. The van der Waals surface area contributed by atoms with Crippen molar-refractivity contribution in [1.29, 1.82) is 0 Å². The molecular formula is C15H19ClF3N3O. The minimum absolute atomic E-state index is 0.0333. The van der Waals surface area contributed by atoms with E-state index in [9.17, 15) is 18.0 Å². The lowest BCUT2D eigenvalue weighted by Crippen LogP contribution is -2.49. The molecule has 0 unspecified atom stereocenters. The molecule has 0 aliphatic carbocycles. The molecular weight excluding hydrogens is 331 g/mol. The molecule has 1 amide bonds. The highest BCUT2D eigenvalue weighted by atomic mass is 35.5. The topological polar surface area (TPSA) is 26.8 Å². The van der Waals surface area contributed by atoms with Gasteiger partial charge in [0.05, 0.1) is 22.8 Å². The van der Waals surface area contributed by atoms with Crippen molar-refractivity contribution >= 4 is 23.2 Å². The standard InChI is InChI=1S/C15H19ClF3N3O/c1-20(2)14(23)10-21-5-7-22(8-6-21)13-4-3-11(9-12(13)16)15(17,18)19/h3-4,9H,5-8,10H2,1-2H3. The van der Waals surface area contributed by atoms with Crippen LogP contribution < -0.4 is 4.90 Å². The highest BCUT2D eigenvalue weighted by molar-refractivity contribution is 6.33. The van der Waals surface area contributed by atoms with Crippen LogP contribution in [0.5, 0.6) is 0 Å². The van der Waals surface area contributed by atoms with E-state index < -0.39 is 11.7 Å². The Kier molecular flexibility index (Phi) is 5.41. The second-order valence-electron chi connectivity index (χ2n) is 5.72. The molecule has 2 rings (SSSR count). The number of amides is 1. The number of hydrogen-bond acceptors (Lipinski definition) is 3. The Balaban J connectivity index is 1.99. The molecule has 1 aromatic rings. The fourth-order valence-corrected chi connectivity index (χ4v) is 2.72. The van der Waals surface area contributed by atoms with Crippen molar-refractivity contribution in [1.82, 2.24) is 9.80 Å². The largest absolute Gasteiger partial charge is 0.416 e. The van der Waals surface area contributed by atoms with Crippen molar-refractivity contribution in [3.63, 3.8) is 0 Å². The van der Waals surface area contributed by atoms with Gasteiger partial charge < -0.3 is 9.80 Å². The van der Waals surface area contributed by atoms with E-state index in [0.717, 1.165) is 12.1 Å².